The minimum Gasteiger partial charge on any atom is -0.454 e. The van der Waals surface area contributed by atoms with Crippen LogP contribution >= 0.6 is 24.0 Å². The molecule has 0 aromatic heterocycles. The van der Waals surface area contributed by atoms with Crippen LogP contribution in [0.1, 0.15) is 15.9 Å². The Kier molecular flexibility index (Phi) is 5.31. The molecule has 8 heteroatoms. The largest absolute Gasteiger partial charge is 0.454 e. The van der Waals surface area contributed by atoms with Crippen LogP contribution in [0.4, 0.5) is 0 Å². The Morgan fingerprint density at radius 1 is 1.18 bits per heavy atom. The van der Waals surface area contributed by atoms with E-state index < -0.39 is 0 Å². The molecule has 0 aliphatic carbocycles. The van der Waals surface area contributed by atoms with Crippen LogP contribution in [0, 0.1) is 0 Å². The van der Waals surface area contributed by atoms with Crippen molar-refractivity contribution >= 4 is 46.2 Å². The molecule has 2 aromatic rings. The molecular formula is C20H16N2O4S2. The van der Waals surface area contributed by atoms with E-state index in [9.17, 15) is 9.59 Å². The number of fused-ring (bicyclic) bond motifs is 1. The van der Waals surface area contributed by atoms with Gasteiger partial charge in [0.25, 0.3) is 11.8 Å². The van der Waals surface area contributed by atoms with Gasteiger partial charge in [0.15, 0.2) is 11.5 Å². The number of benzene rings is 2. The summed E-state index contributed by atoms with van der Waals surface area (Å²) in [5.41, 5.74) is 1.41. The molecule has 2 aliphatic rings. The number of nitrogens with zero attached hydrogens (tertiary/aromatic N) is 1. The number of thiocarbonyl (C=S) groups is 1. The molecular weight excluding hydrogens is 396 g/mol. The first kappa shape index (κ1) is 18.5. The fourth-order valence-electron chi connectivity index (χ4n) is 2.82. The zero-order valence-electron chi connectivity index (χ0n) is 14.7. The van der Waals surface area contributed by atoms with Gasteiger partial charge < -0.3 is 14.8 Å². The van der Waals surface area contributed by atoms with E-state index >= 15 is 0 Å². The summed E-state index contributed by atoms with van der Waals surface area (Å²) in [5.74, 6) is 1.01. The number of thioether (sulfide) groups is 1. The first-order chi connectivity index (χ1) is 13.6. The van der Waals surface area contributed by atoms with Gasteiger partial charge in [0.05, 0.1) is 4.91 Å². The lowest BCUT2D eigenvalue weighted by atomic mass is 10.2. The third kappa shape index (κ3) is 3.88. The van der Waals surface area contributed by atoms with Gasteiger partial charge in [0.1, 0.15) is 4.32 Å². The van der Waals surface area contributed by atoms with Gasteiger partial charge in [-0.25, -0.2) is 0 Å². The van der Waals surface area contributed by atoms with E-state index in [4.69, 9.17) is 21.7 Å². The second kappa shape index (κ2) is 8.04. The number of carbonyl (C=O) groups is 2. The molecule has 0 spiro atoms. The van der Waals surface area contributed by atoms with Crippen molar-refractivity contribution in [2.75, 3.05) is 19.9 Å². The highest BCUT2D eigenvalue weighted by atomic mass is 32.2. The molecule has 0 atom stereocenters. The summed E-state index contributed by atoms with van der Waals surface area (Å²) in [6.45, 7) is 0.842. The number of amides is 2. The number of hydrogen-bond donors (Lipinski definition) is 1. The highest BCUT2D eigenvalue weighted by Gasteiger charge is 2.31. The molecule has 6 nitrogen and oxygen atoms in total. The first-order valence-corrected chi connectivity index (χ1v) is 9.82. The van der Waals surface area contributed by atoms with E-state index in [0.29, 0.717) is 39.4 Å². The quantitative estimate of drug-likeness (QED) is 0.601. The van der Waals surface area contributed by atoms with E-state index in [2.05, 4.69) is 5.32 Å². The van der Waals surface area contributed by atoms with Crippen LogP contribution in [0.15, 0.2) is 53.4 Å². The van der Waals surface area contributed by atoms with E-state index in [1.165, 1.54) is 16.7 Å². The van der Waals surface area contributed by atoms with Gasteiger partial charge >= 0.3 is 0 Å². The van der Waals surface area contributed by atoms with E-state index in [-0.39, 0.29) is 18.6 Å². The number of carbonyl (C=O) groups excluding carboxylic acids is 2. The van der Waals surface area contributed by atoms with Crippen molar-refractivity contribution < 1.29 is 19.1 Å². The molecule has 0 bridgehead atoms. The van der Waals surface area contributed by atoms with Crippen LogP contribution in [0.5, 0.6) is 11.5 Å². The van der Waals surface area contributed by atoms with Gasteiger partial charge in [-0.1, -0.05) is 48.2 Å². The molecule has 2 aliphatic heterocycles. The summed E-state index contributed by atoms with van der Waals surface area (Å²) in [4.78, 5) is 26.8. The van der Waals surface area contributed by atoms with E-state index in [1.54, 1.807) is 30.3 Å². The molecule has 28 heavy (non-hydrogen) atoms. The van der Waals surface area contributed by atoms with Gasteiger partial charge in [-0.2, -0.15) is 0 Å². The van der Waals surface area contributed by atoms with Gasteiger partial charge in [-0.3, -0.25) is 14.5 Å². The summed E-state index contributed by atoms with van der Waals surface area (Å²) in [6.07, 6.45) is 1.78. The zero-order valence-corrected chi connectivity index (χ0v) is 16.3. The first-order valence-electron chi connectivity index (χ1n) is 8.60. The number of nitrogens with one attached hydrogen (secondary N) is 1. The minimum atomic E-state index is -0.179. The molecule has 0 saturated carbocycles. The van der Waals surface area contributed by atoms with Crippen LogP contribution in [0.3, 0.4) is 0 Å². The lowest BCUT2D eigenvalue weighted by molar-refractivity contribution is -0.122. The average molecular weight is 412 g/mol. The molecule has 0 unspecified atom stereocenters. The summed E-state index contributed by atoms with van der Waals surface area (Å²) in [5, 5.41) is 2.81. The maximum Gasteiger partial charge on any atom is 0.266 e. The van der Waals surface area contributed by atoms with Crippen molar-refractivity contribution in [3.8, 4) is 11.5 Å². The molecule has 2 amide bonds. The van der Waals surface area contributed by atoms with Gasteiger partial charge in [0, 0.05) is 18.7 Å². The topological polar surface area (TPSA) is 67.9 Å². The maximum absolute atomic E-state index is 12.7. The van der Waals surface area contributed by atoms with Crippen LogP contribution < -0.4 is 14.8 Å². The van der Waals surface area contributed by atoms with E-state index in [1.807, 2.05) is 24.3 Å². The van der Waals surface area contributed by atoms with Crippen LogP contribution in [-0.4, -0.2) is 40.9 Å². The van der Waals surface area contributed by atoms with Crippen LogP contribution in [0.25, 0.3) is 6.08 Å². The predicted octanol–water partition coefficient (Wildman–Crippen LogP) is 3.05. The third-order valence-electron chi connectivity index (χ3n) is 4.22. The Morgan fingerprint density at radius 2 is 1.96 bits per heavy atom. The van der Waals surface area contributed by atoms with Crippen molar-refractivity contribution in [1.29, 1.82) is 0 Å². The van der Waals surface area contributed by atoms with Crippen LogP contribution in [0.2, 0.25) is 0 Å². The van der Waals surface area contributed by atoms with Gasteiger partial charge in [-0.15, -0.1) is 0 Å². The SMILES string of the molecule is O=C(NCCN1C(=O)/C(=C/c2ccc3c(c2)OCO3)SC1=S)c1ccccc1. The van der Waals surface area contributed by atoms with Crippen molar-refractivity contribution in [1.82, 2.24) is 10.2 Å². The molecule has 1 saturated heterocycles. The monoisotopic (exact) mass is 412 g/mol. The zero-order chi connectivity index (χ0) is 19.5. The summed E-state index contributed by atoms with van der Waals surface area (Å²) in [7, 11) is 0. The highest BCUT2D eigenvalue weighted by molar-refractivity contribution is 8.26. The Morgan fingerprint density at radius 3 is 2.79 bits per heavy atom. The molecule has 1 N–H and O–H groups in total. The molecule has 4 rings (SSSR count). The van der Waals surface area contributed by atoms with Gasteiger partial charge in [0.2, 0.25) is 6.79 Å². The average Bonchev–Trinajstić information content (AvgIpc) is 3.28. The highest BCUT2D eigenvalue weighted by Crippen LogP contribution is 2.36. The Labute approximate surface area is 171 Å². The standard InChI is InChI=1S/C20H16N2O4S2/c23-18(14-4-2-1-3-5-14)21-8-9-22-19(24)17(28-20(22)27)11-13-6-7-15-16(10-13)26-12-25-15/h1-7,10-11H,8-9,12H2,(H,21,23)/b17-11-. The number of hydrogen-bond acceptors (Lipinski definition) is 6. The van der Waals surface area contributed by atoms with Crippen molar-refractivity contribution in [3.05, 3.63) is 64.6 Å². The normalized spacial score (nSPS) is 16.7. The predicted molar refractivity (Wildman–Crippen MR) is 111 cm³/mol. The fraction of sp³-hybridized carbons (Fsp3) is 0.150. The lowest BCUT2D eigenvalue weighted by Gasteiger charge is -2.14. The Hall–Kier alpha value is -2.84. The van der Waals surface area contributed by atoms with Crippen molar-refractivity contribution in [2.45, 2.75) is 0 Å². The number of rotatable bonds is 5. The second-order valence-corrected chi connectivity index (χ2v) is 7.74. The van der Waals surface area contributed by atoms with Crippen molar-refractivity contribution in [3.63, 3.8) is 0 Å². The minimum absolute atomic E-state index is 0.165. The van der Waals surface area contributed by atoms with Crippen LogP contribution in [-0.2, 0) is 4.79 Å². The van der Waals surface area contributed by atoms with Gasteiger partial charge in [-0.05, 0) is 35.9 Å². The summed E-state index contributed by atoms with van der Waals surface area (Å²) < 4.78 is 11.1. The maximum atomic E-state index is 12.7. The smallest absolute Gasteiger partial charge is 0.266 e. The fourth-order valence-corrected chi connectivity index (χ4v) is 4.13. The molecule has 142 valence electrons. The second-order valence-electron chi connectivity index (χ2n) is 6.07. The lowest BCUT2D eigenvalue weighted by Crippen LogP contribution is -2.37. The number of ether oxygens (including phenoxy) is 2. The summed E-state index contributed by atoms with van der Waals surface area (Å²) >= 11 is 6.58. The Bertz CT molecular complexity index is 975. The molecule has 2 heterocycles. The summed E-state index contributed by atoms with van der Waals surface area (Å²) in [6, 6.07) is 14.4. The molecule has 2 aromatic carbocycles. The third-order valence-corrected chi connectivity index (χ3v) is 5.60. The van der Waals surface area contributed by atoms with Crippen molar-refractivity contribution in [2.24, 2.45) is 0 Å². The van der Waals surface area contributed by atoms with E-state index in [0.717, 1.165) is 5.56 Å². The molecule has 0 radical (unpaired) electrons. The Balaban J connectivity index is 1.38. The molecule has 1 fully saturated rings.